The highest BCUT2D eigenvalue weighted by molar-refractivity contribution is 5.56. The Kier molecular flexibility index (Phi) is 1.59. The van der Waals surface area contributed by atoms with Crippen LogP contribution in [0.4, 0.5) is 0 Å². The van der Waals surface area contributed by atoms with Crippen molar-refractivity contribution in [3.05, 3.63) is 30.4 Å². The van der Waals surface area contributed by atoms with Crippen molar-refractivity contribution in [3.63, 3.8) is 0 Å². The van der Waals surface area contributed by atoms with Gasteiger partial charge in [-0.05, 0) is 18.6 Å². The van der Waals surface area contributed by atoms with Gasteiger partial charge in [-0.2, -0.15) is 0 Å². The Labute approximate surface area is 69.3 Å². The van der Waals surface area contributed by atoms with Gasteiger partial charge in [0.05, 0.1) is 0 Å². The Hall–Kier alpha value is -1.71. The van der Waals surface area contributed by atoms with Gasteiger partial charge in [0.25, 0.3) is 0 Å². The van der Waals surface area contributed by atoms with Crippen molar-refractivity contribution in [2.24, 2.45) is 0 Å². The van der Waals surface area contributed by atoms with Gasteiger partial charge in [0, 0.05) is 18.0 Å². The Morgan fingerprint density at radius 3 is 3.00 bits per heavy atom. The fourth-order valence-electron chi connectivity index (χ4n) is 1.00. The minimum Gasteiger partial charge on any atom is -0.423 e. The molecule has 0 atom stereocenters. The molecule has 0 aliphatic rings. The summed E-state index contributed by atoms with van der Waals surface area (Å²) in [5.74, 6) is 0.537. The number of rotatable bonds is 1. The van der Waals surface area contributed by atoms with Gasteiger partial charge in [-0.25, -0.2) is 0 Å². The van der Waals surface area contributed by atoms with Gasteiger partial charge >= 0.3 is 0 Å². The van der Waals surface area contributed by atoms with Gasteiger partial charge in [-0.15, -0.1) is 10.2 Å². The summed E-state index contributed by atoms with van der Waals surface area (Å²) in [5.41, 5.74) is 1.96. The average molecular weight is 161 g/mol. The van der Waals surface area contributed by atoms with Crippen LogP contribution in [0, 0.1) is 6.92 Å². The van der Waals surface area contributed by atoms with E-state index in [9.17, 15) is 0 Å². The van der Waals surface area contributed by atoms with Gasteiger partial charge in [0.2, 0.25) is 12.3 Å². The molecule has 2 rings (SSSR count). The molecule has 4 heteroatoms. The minimum atomic E-state index is 0.537. The highest BCUT2D eigenvalue weighted by Crippen LogP contribution is 2.18. The predicted octanol–water partition coefficient (Wildman–Crippen LogP) is 1.44. The highest BCUT2D eigenvalue weighted by atomic mass is 16.4. The molecule has 0 fully saturated rings. The summed E-state index contributed by atoms with van der Waals surface area (Å²) in [4.78, 5) is 3.96. The number of nitrogens with zero attached hydrogens (tertiary/aromatic N) is 3. The Balaban J connectivity index is 2.55. The zero-order valence-corrected chi connectivity index (χ0v) is 6.56. The lowest BCUT2D eigenvalue weighted by Crippen LogP contribution is -1.84. The summed E-state index contributed by atoms with van der Waals surface area (Å²) in [6, 6.07) is 1.85. The summed E-state index contributed by atoms with van der Waals surface area (Å²) in [5, 5.41) is 7.41. The van der Waals surface area contributed by atoms with Crippen molar-refractivity contribution in [2.75, 3.05) is 0 Å². The molecule has 0 aromatic carbocycles. The van der Waals surface area contributed by atoms with E-state index < -0.39 is 0 Å². The predicted molar refractivity (Wildman–Crippen MR) is 42.3 cm³/mol. The van der Waals surface area contributed by atoms with Crippen LogP contribution >= 0.6 is 0 Å². The molecule has 0 unspecified atom stereocenters. The van der Waals surface area contributed by atoms with Crippen LogP contribution in [0.3, 0.4) is 0 Å². The lowest BCUT2D eigenvalue weighted by atomic mass is 10.2. The van der Waals surface area contributed by atoms with Crippen LogP contribution in [0.25, 0.3) is 11.5 Å². The first-order chi connectivity index (χ1) is 5.88. The van der Waals surface area contributed by atoms with Crippen LogP contribution in [0.2, 0.25) is 0 Å². The third-order valence-corrected chi connectivity index (χ3v) is 1.61. The second-order valence-corrected chi connectivity index (χ2v) is 2.43. The molecular formula is C8H7N3O. The first-order valence-electron chi connectivity index (χ1n) is 3.55. The van der Waals surface area contributed by atoms with Gasteiger partial charge < -0.3 is 4.42 Å². The fourth-order valence-corrected chi connectivity index (χ4v) is 1.00. The topological polar surface area (TPSA) is 51.8 Å². The number of hydrogen-bond acceptors (Lipinski definition) is 4. The van der Waals surface area contributed by atoms with Crippen LogP contribution in [0.1, 0.15) is 5.56 Å². The molecule has 0 aliphatic heterocycles. The van der Waals surface area contributed by atoms with Crippen LogP contribution in [-0.4, -0.2) is 15.2 Å². The van der Waals surface area contributed by atoms with Crippen LogP contribution in [-0.2, 0) is 0 Å². The van der Waals surface area contributed by atoms with E-state index in [2.05, 4.69) is 15.2 Å². The molecule has 0 saturated heterocycles. The molecule has 12 heavy (non-hydrogen) atoms. The zero-order valence-electron chi connectivity index (χ0n) is 6.56. The van der Waals surface area contributed by atoms with E-state index in [0.29, 0.717) is 5.89 Å². The summed E-state index contributed by atoms with van der Waals surface area (Å²) < 4.78 is 5.05. The maximum Gasteiger partial charge on any atom is 0.247 e. The quantitative estimate of drug-likeness (QED) is 0.635. The second-order valence-electron chi connectivity index (χ2n) is 2.43. The van der Waals surface area contributed by atoms with Crippen molar-refractivity contribution in [2.45, 2.75) is 6.92 Å². The van der Waals surface area contributed by atoms with Crippen molar-refractivity contribution >= 4 is 0 Å². The van der Waals surface area contributed by atoms with E-state index in [1.807, 2.05) is 13.0 Å². The van der Waals surface area contributed by atoms with Gasteiger partial charge in [0.15, 0.2) is 0 Å². The van der Waals surface area contributed by atoms with Crippen LogP contribution < -0.4 is 0 Å². The fraction of sp³-hybridized carbons (Fsp3) is 0.125. The molecule has 0 amide bonds. The van der Waals surface area contributed by atoms with E-state index in [-0.39, 0.29) is 0 Å². The SMILES string of the molecule is Cc1cnccc1-c1nnco1. The summed E-state index contributed by atoms with van der Waals surface area (Å²) >= 11 is 0. The standard InChI is InChI=1S/C8H7N3O/c1-6-4-9-3-2-7(6)8-11-10-5-12-8/h2-5H,1H3. The van der Waals surface area contributed by atoms with E-state index in [1.165, 1.54) is 6.39 Å². The molecule has 2 heterocycles. The molecule has 0 spiro atoms. The van der Waals surface area contributed by atoms with Crippen LogP contribution in [0.15, 0.2) is 29.3 Å². The summed E-state index contributed by atoms with van der Waals surface area (Å²) in [6.07, 6.45) is 4.78. The van der Waals surface area contributed by atoms with Crippen molar-refractivity contribution in [1.82, 2.24) is 15.2 Å². The van der Waals surface area contributed by atoms with E-state index in [0.717, 1.165) is 11.1 Å². The molecule has 0 saturated carbocycles. The average Bonchev–Trinajstić information content (AvgIpc) is 2.57. The van der Waals surface area contributed by atoms with E-state index in [4.69, 9.17) is 4.42 Å². The largest absolute Gasteiger partial charge is 0.423 e. The van der Waals surface area contributed by atoms with E-state index in [1.54, 1.807) is 12.4 Å². The Morgan fingerprint density at radius 2 is 2.33 bits per heavy atom. The molecule has 0 bridgehead atoms. The molecular weight excluding hydrogens is 154 g/mol. The minimum absolute atomic E-state index is 0.537. The summed E-state index contributed by atoms with van der Waals surface area (Å²) in [7, 11) is 0. The molecule has 0 aliphatic carbocycles. The Bertz CT molecular complexity index is 370. The molecule has 4 nitrogen and oxygen atoms in total. The third kappa shape index (κ3) is 1.07. The van der Waals surface area contributed by atoms with Crippen molar-refractivity contribution < 1.29 is 4.42 Å². The third-order valence-electron chi connectivity index (χ3n) is 1.61. The van der Waals surface area contributed by atoms with E-state index >= 15 is 0 Å². The number of aromatic nitrogens is 3. The molecule has 2 aromatic heterocycles. The maximum absolute atomic E-state index is 5.05. The lowest BCUT2D eigenvalue weighted by Gasteiger charge is -1.96. The smallest absolute Gasteiger partial charge is 0.247 e. The van der Waals surface area contributed by atoms with Gasteiger partial charge in [0.1, 0.15) is 0 Å². The summed E-state index contributed by atoms with van der Waals surface area (Å²) in [6.45, 7) is 1.95. The normalized spacial score (nSPS) is 10.1. The maximum atomic E-state index is 5.05. The number of aryl methyl sites for hydroxylation is 1. The number of hydrogen-bond donors (Lipinski definition) is 0. The number of pyridine rings is 1. The van der Waals surface area contributed by atoms with Gasteiger partial charge in [-0.3, -0.25) is 4.98 Å². The lowest BCUT2D eigenvalue weighted by molar-refractivity contribution is 0.568. The molecule has 0 N–H and O–H groups in total. The first kappa shape index (κ1) is 6.97. The monoisotopic (exact) mass is 161 g/mol. The second kappa shape index (κ2) is 2.73. The van der Waals surface area contributed by atoms with Crippen molar-refractivity contribution in [3.8, 4) is 11.5 Å². The van der Waals surface area contributed by atoms with Crippen molar-refractivity contribution in [1.29, 1.82) is 0 Å². The molecule has 2 aromatic rings. The zero-order chi connectivity index (χ0) is 8.39. The first-order valence-corrected chi connectivity index (χ1v) is 3.55. The molecule has 60 valence electrons. The molecule has 0 radical (unpaired) electrons. The Morgan fingerprint density at radius 1 is 1.42 bits per heavy atom. The van der Waals surface area contributed by atoms with Gasteiger partial charge in [-0.1, -0.05) is 0 Å². The van der Waals surface area contributed by atoms with Crippen LogP contribution in [0.5, 0.6) is 0 Å². The highest BCUT2D eigenvalue weighted by Gasteiger charge is 2.05.